The molecule has 0 aromatic heterocycles. The van der Waals surface area contributed by atoms with E-state index in [9.17, 15) is 5.11 Å². The molecule has 2 unspecified atom stereocenters. The summed E-state index contributed by atoms with van der Waals surface area (Å²) in [6, 6.07) is 8.35. The van der Waals surface area contributed by atoms with Gasteiger partial charge in [0.1, 0.15) is 0 Å². The summed E-state index contributed by atoms with van der Waals surface area (Å²) in [5, 5.41) is 13.5. The van der Waals surface area contributed by atoms with Crippen LogP contribution in [0.1, 0.15) is 24.8 Å². The first-order valence-corrected chi connectivity index (χ1v) is 5.86. The molecule has 0 heterocycles. The van der Waals surface area contributed by atoms with Crippen LogP contribution in [0.3, 0.4) is 0 Å². The van der Waals surface area contributed by atoms with Crippen LogP contribution in [0, 0.1) is 6.92 Å². The molecule has 0 bridgehead atoms. The highest BCUT2D eigenvalue weighted by Crippen LogP contribution is 2.29. The van der Waals surface area contributed by atoms with E-state index in [4.69, 9.17) is 5.73 Å². The summed E-state index contributed by atoms with van der Waals surface area (Å²) in [6.45, 7) is 2.65. The fourth-order valence-corrected chi connectivity index (χ4v) is 2.24. The van der Waals surface area contributed by atoms with Gasteiger partial charge >= 0.3 is 0 Å². The number of anilines is 1. The summed E-state index contributed by atoms with van der Waals surface area (Å²) in [6.07, 6.45) is 2.42. The molecule has 1 aliphatic rings. The van der Waals surface area contributed by atoms with E-state index in [1.807, 2.05) is 12.1 Å². The van der Waals surface area contributed by atoms with Crippen LogP contribution in [-0.2, 0) is 0 Å². The lowest BCUT2D eigenvalue weighted by atomic mass is 10.0. The predicted molar refractivity (Wildman–Crippen MR) is 66.4 cm³/mol. The molecule has 3 nitrogen and oxygen atoms in total. The van der Waals surface area contributed by atoms with Crippen molar-refractivity contribution in [2.75, 3.05) is 11.9 Å². The van der Waals surface area contributed by atoms with E-state index in [1.165, 1.54) is 5.56 Å². The van der Waals surface area contributed by atoms with Crippen LogP contribution in [0.4, 0.5) is 5.69 Å². The molecule has 2 rings (SSSR count). The van der Waals surface area contributed by atoms with Gasteiger partial charge in [0.25, 0.3) is 0 Å². The number of hydrogen-bond acceptors (Lipinski definition) is 3. The smallest absolute Gasteiger partial charge is 0.0834 e. The van der Waals surface area contributed by atoms with Crippen molar-refractivity contribution in [1.82, 2.24) is 0 Å². The van der Waals surface area contributed by atoms with Gasteiger partial charge in [0.15, 0.2) is 0 Å². The van der Waals surface area contributed by atoms with E-state index in [0.717, 1.165) is 18.5 Å². The molecule has 0 amide bonds. The van der Waals surface area contributed by atoms with E-state index in [-0.39, 0.29) is 6.04 Å². The van der Waals surface area contributed by atoms with Gasteiger partial charge in [-0.1, -0.05) is 17.7 Å². The SMILES string of the molecule is Cc1ccc(NCC2(O)CCC(N)C2)cc1. The first-order chi connectivity index (χ1) is 7.57. The number of nitrogens with one attached hydrogen (secondary N) is 1. The zero-order valence-electron chi connectivity index (χ0n) is 9.74. The van der Waals surface area contributed by atoms with Crippen LogP contribution in [0.25, 0.3) is 0 Å². The zero-order chi connectivity index (χ0) is 11.6. The maximum absolute atomic E-state index is 10.2. The topological polar surface area (TPSA) is 58.3 Å². The van der Waals surface area contributed by atoms with E-state index in [2.05, 4.69) is 24.4 Å². The molecular formula is C13H20N2O. The molecule has 1 aliphatic carbocycles. The standard InChI is InChI=1S/C13H20N2O/c1-10-2-4-12(5-3-10)15-9-13(16)7-6-11(14)8-13/h2-5,11,15-16H,6-9,14H2,1H3. The van der Waals surface area contributed by atoms with Crippen molar-refractivity contribution in [2.24, 2.45) is 5.73 Å². The molecular weight excluding hydrogens is 200 g/mol. The van der Waals surface area contributed by atoms with Crippen LogP contribution >= 0.6 is 0 Å². The molecule has 2 atom stereocenters. The molecule has 1 aromatic rings. The molecule has 0 saturated heterocycles. The van der Waals surface area contributed by atoms with E-state index in [1.54, 1.807) is 0 Å². The predicted octanol–water partition coefficient (Wildman–Crippen LogP) is 1.65. The third-order valence-corrected chi connectivity index (χ3v) is 3.30. The second-order valence-electron chi connectivity index (χ2n) is 4.95. The monoisotopic (exact) mass is 220 g/mol. The number of benzene rings is 1. The highest BCUT2D eigenvalue weighted by atomic mass is 16.3. The summed E-state index contributed by atoms with van der Waals surface area (Å²) in [4.78, 5) is 0. The second kappa shape index (κ2) is 4.44. The summed E-state index contributed by atoms with van der Waals surface area (Å²) in [5.74, 6) is 0. The van der Waals surface area contributed by atoms with Gasteiger partial charge in [-0.3, -0.25) is 0 Å². The van der Waals surface area contributed by atoms with Crippen molar-refractivity contribution in [3.05, 3.63) is 29.8 Å². The zero-order valence-corrected chi connectivity index (χ0v) is 9.74. The second-order valence-corrected chi connectivity index (χ2v) is 4.95. The lowest BCUT2D eigenvalue weighted by Gasteiger charge is -2.23. The highest BCUT2D eigenvalue weighted by molar-refractivity contribution is 5.44. The van der Waals surface area contributed by atoms with Crippen molar-refractivity contribution >= 4 is 5.69 Å². The largest absolute Gasteiger partial charge is 0.388 e. The van der Waals surface area contributed by atoms with Gasteiger partial charge in [-0.05, 0) is 38.3 Å². The normalized spacial score (nSPS) is 29.3. The molecule has 1 aromatic carbocycles. The first-order valence-electron chi connectivity index (χ1n) is 5.86. The van der Waals surface area contributed by atoms with Gasteiger partial charge in [0.05, 0.1) is 5.60 Å². The number of hydrogen-bond donors (Lipinski definition) is 3. The summed E-state index contributed by atoms with van der Waals surface area (Å²) < 4.78 is 0. The number of rotatable bonds is 3. The Morgan fingerprint density at radius 2 is 2.12 bits per heavy atom. The Morgan fingerprint density at radius 1 is 1.44 bits per heavy atom. The molecule has 1 fully saturated rings. The van der Waals surface area contributed by atoms with Gasteiger partial charge < -0.3 is 16.2 Å². The average Bonchev–Trinajstić information content (AvgIpc) is 2.59. The third-order valence-electron chi connectivity index (χ3n) is 3.30. The molecule has 1 saturated carbocycles. The third kappa shape index (κ3) is 2.74. The van der Waals surface area contributed by atoms with Crippen LogP contribution < -0.4 is 11.1 Å². The van der Waals surface area contributed by atoms with Crippen molar-refractivity contribution in [3.63, 3.8) is 0 Å². The van der Waals surface area contributed by atoms with E-state index in [0.29, 0.717) is 13.0 Å². The highest BCUT2D eigenvalue weighted by Gasteiger charge is 2.35. The minimum atomic E-state index is -0.621. The fraction of sp³-hybridized carbons (Fsp3) is 0.538. The molecule has 16 heavy (non-hydrogen) atoms. The van der Waals surface area contributed by atoms with Crippen LogP contribution in [0.5, 0.6) is 0 Å². The van der Waals surface area contributed by atoms with Crippen LogP contribution in [0.2, 0.25) is 0 Å². The molecule has 3 heteroatoms. The lowest BCUT2D eigenvalue weighted by molar-refractivity contribution is 0.0601. The minimum Gasteiger partial charge on any atom is -0.388 e. The van der Waals surface area contributed by atoms with Gasteiger partial charge in [0.2, 0.25) is 0 Å². The summed E-state index contributed by atoms with van der Waals surface area (Å²) in [7, 11) is 0. The van der Waals surface area contributed by atoms with E-state index >= 15 is 0 Å². The van der Waals surface area contributed by atoms with Gasteiger partial charge in [-0.2, -0.15) is 0 Å². The van der Waals surface area contributed by atoms with Crippen LogP contribution in [0.15, 0.2) is 24.3 Å². The Hall–Kier alpha value is -1.06. The van der Waals surface area contributed by atoms with Gasteiger partial charge in [-0.25, -0.2) is 0 Å². The minimum absolute atomic E-state index is 0.157. The molecule has 0 radical (unpaired) electrons. The Kier molecular flexibility index (Phi) is 3.17. The van der Waals surface area contributed by atoms with E-state index < -0.39 is 5.60 Å². The molecule has 0 spiro atoms. The Balaban J connectivity index is 1.90. The lowest BCUT2D eigenvalue weighted by Crippen LogP contribution is -2.35. The van der Waals surface area contributed by atoms with Crippen LogP contribution in [-0.4, -0.2) is 23.3 Å². The quantitative estimate of drug-likeness (QED) is 0.726. The molecule has 4 N–H and O–H groups in total. The number of aliphatic hydroxyl groups is 1. The Morgan fingerprint density at radius 3 is 2.69 bits per heavy atom. The van der Waals surface area contributed by atoms with Crippen molar-refractivity contribution in [1.29, 1.82) is 0 Å². The number of aryl methyl sites for hydroxylation is 1. The first kappa shape index (κ1) is 11.4. The maximum Gasteiger partial charge on any atom is 0.0834 e. The molecule has 88 valence electrons. The number of nitrogens with two attached hydrogens (primary N) is 1. The Bertz CT molecular complexity index is 349. The fourth-order valence-electron chi connectivity index (χ4n) is 2.24. The summed E-state index contributed by atoms with van der Waals surface area (Å²) >= 11 is 0. The maximum atomic E-state index is 10.2. The van der Waals surface area contributed by atoms with Gasteiger partial charge in [0, 0.05) is 18.3 Å². The summed E-state index contributed by atoms with van der Waals surface area (Å²) in [5.41, 5.74) is 7.49. The Labute approximate surface area is 96.7 Å². The molecule has 0 aliphatic heterocycles. The van der Waals surface area contributed by atoms with Gasteiger partial charge in [-0.15, -0.1) is 0 Å². The van der Waals surface area contributed by atoms with Crippen molar-refractivity contribution in [2.45, 2.75) is 37.8 Å². The van der Waals surface area contributed by atoms with Crippen molar-refractivity contribution in [3.8, 4) is 0 Å². The average molecular weight is 220 g/mol. The van der Waals surface area contributed by atoms with Crippen molar-refractivity contribution < 1.29 is 5.11 Å².